The first-order valence-corrected chi connectivity index (χ1v) is 11.6. The molecule has 0 bridgehead atoms. The summed E-state index contributed by atoms with van der Waals surface area (Å²) in [7, 11) is 0. The molecule has 0 aliphatic rings. The number of hydrogen-bond acceptors (Lipinski definition) is 4. The van der Waals surface area contributed by atoms with E-state index in [4.69, 9.17) is 4.74 Å². The van der Waals surface area contributed by atoms with Crippen molar-refractivity contribution in [3.63, 3.8) is 0 Å². The number of aromatic nitrogens is 2. The van der Waals surface area contributed by atoms with E-state index < -0.39 is 0 Å². The summed E-state index contributed by atoms with van der Waals surface area (Å²) in [5.74, 6) is -0.00876. The van der Waals surface area contributed by atoms with Gasteiger partial charge in [-0.05, 0) is 38.8 Å². The fourth-order valence-corrected chi connectivity index (χ4v) is 3.30. The van der Waals surface area contributed by atoms with E-state index in [0.29, 0.717) is 13.0 Å². The van der Waals surface area contributed by atoms with Crippen molar-refractivity contribution in [3.8, 4) is 0 Å². The van der Waals surface area contributed by atoms with Crippen LogP contribution in [0.1, 0.15) is 96.8 Å². The summed E-state index contributed by atoms with van der Waals surface area (Å²) in [5, 5.41) is 3.50. The number of unbranched alkanes of at least 4 members (excludes halogenated alkanes) is 10. The summed E-state index contributed by atoms with van der Waals surface area (Å²) in [6.45, 7) is 6.03. The molecule has 28 heavy (non-hydrogen) atoms. The Labute approximate surface area is 172 Å². The average molecular weight is 394 g/mol. The Balaban J connectivity index is 1.73. The zero-order valence-electron chi connectivity index (χ0n) is 18.2. The third-order valence-electron chi connectivity index (χ3n) is 5.07. The normalized spacial score (nSPS) is 11.0. The zero-order chi connectivity index (χ0) is 20.1. The highest BCUT2D eigenvalue weighted by Gasteiger charge is 2.02. The number of hydrogen-bond donors (Lipinski definition) is 1. The van der Waals surface area contributed by atoms with E-state index in [9.17, 15) is 4.79 Å². The minimum absolute atomic E-state index is 0.00876. The topological polar surface area (TPSA) is 56.1 Å². The maximum atomic E-state index is 11.7. The predicted octanol–water partition coefficient (Wildman–Crippen LogP) is 5.50. The van der Waals surface area contributed by atoms with Crippen molar-refractivity contribution >= 4 is 5.97 Å². The molecular formula is C23H43N3O2. The van der Waals surface area contributed by atoms with Crippen LogP contribution < -0.4 is 5.32 Å². The molecule has 0 aliphatic heterocycles. The summed E-state index contributed by atoms with van der Waals surface area (Å²) >= 11 is 0. The fraction of sp³-hybridized carbons (Fsp3) is 0.826. The number of nitrogens with zero attached hydrogens (tertiary/aromatic N) is 2. The average Bonchev–Trinajstić information content (AvgIpc) is 3.21. The molecule has 0 saturated carbocycles. The van der Waals surface area contributed by atoms with Gasteiger partial charge in [-0.1, -0.05) is 64.7 Å². The molecule has 1 heterocycles. The first-order chi connectivity index (χ1) is 13.8. The molecule has 5 nitrogen and oxygen atoms in total. The van der Waals surface area contributed by atoms with Crippen LogP contribution in [-0.2, 0) is 16.1 Å². The van der Waals surface area contributed by atoms with Gasteiger partial charge < -0.3 is 14.6 Å². The van der Waals surface area contributed by atoms with Gasteiger partial charge in [0.05, 0.1) is 12.9 Å². The van der Waals surface area contributed by atoms with Crippen LogP contribution in [0.15, 0.2) is 18.7 Å². The van der Waals surface area contributed by atoms with E-state index >= 15 is 0 Å². The highest BCUT2D eigenvalue weighted by Crippen LogP contribution is 2.08. The van der Waals surface area contributed by atoms with Crippen LogP contribution in [0.4, 0.5) is 0 Å². The Morgan fingerprint density at radius 3 is 2.32 bits per heavy atom. The Morgan fingerprint density at radius 1 is 0.893 bits per heavy atom. The van der Waals surface area contributed by atoms with Crippen molar-refractivity contribution in [2.75, 3.05) is 19.7 Å². The molecule has 0 atom stereocenters. The van der Waals surface area contributed by atoms with Crippen LogP contribution in [0.2, 0.25) is 0 Å². The molecule has 0 aliphatic carbocycles. The van der Waals surface area contributed by atoms with Gasteiger partial charge in [0.15, 0.2) is 0 Å². The van der Waals surface area contributed by atoms with Gasteiger partial charge in [-0.25, -0.2) is 4.98 Å². The monoisotopic (exact) mass is 393 g/mol. The van der Waals surface area contributed by atoms with E-state index in [1.807, 2.05) is 18.7 Å². The molecule has 1 rings (SSSR count). The SMILES string of the molecule is CCCCCCCCCOC(=O)CCCCCCCNCCCn1ccnc1. The minimum atomic E-state index is -0.00876. The van der Waals surface area contributed by atoms with E-state index in [2.05, 4.69) is 21.8 Å². The lowest BCUT2D eigenvalue weighted by molar-refractivity contribution is -0.143. The Hall–Kier alpha value is -1.36. The van der Waals surface area contributed by atoms with Gasteiger partial charge in [0.1, 0.15) is 0 Å². The number of carbonyl (C=O) groups is 1. The van der Waals surface area contributed by atoms with Gasteiger partial charge >= 0.3 is 5.97 Å². The van der Waals surface area contributed by atoms with Crippen LogP contribution in [-0.4, -0.2) is 35.2 Å². The second kappa shape index (κ2) is 19.0. The van der Waals surface area contributed by atoms with Gasteiger partial charge in [0, 0.05) is 25.4 Å². The molecule has 1 aromatic heterocycles. The lowest BCUT2D eigenvalue weighted by Crippen LogP contribution is -2.18. The van der Waals surface area contributed by atoms with Gasteiger partial charge in [0.25, 0.3) is 0 Å². The van der Waals surface area contributed by atoms with Gasteiger partial charge in [-0.3, -0.25) is 4.79 Å². The highest BCUT2D eigenvalue weighted by molar-refractivity contribution is 5.69. The Bertz CT molecular complexity index is 449. The molecular weight excluding hydrogens is 350 g/mol. The summed E-state index contributed by atoms with van der Waals surface area (Å²) in [4.78, 5) is 15.7. The van der Waals surface area contributed by atoms with Crippen molar-refractivity contribution in [1.29, 1.82) is 0 Å². The van der Waals surface area contributed by atoms with E-state index in [0.717, 1.165) is 45.3 Å². The summed E-state index contributed by atoms with van der Waals surface area (Å²) in [6.07, 6.45) is 22.0. The van der Waals surface area contributed by atoms with Crippen molar-refractivity contribution < 1.29 is 9.53 Å². The molecule has 0 amide bonds. The second-order valence-electron chi connectivity index (χ2n) is 7.76. The highest BCUT2D eigenvalue weighted by atomic mass is 16.5. The quantitative estimate of drug-likeness (QED) is 0.235. The lowest BCUT2D eigenvalue weighted by Gasteiger charge is -2.06. The number of rotatable bonds is 20. The summed E-state index contributed by atoms with van der Waals surface area (Å²) in [6, 6.07) is 0. The van der Waals surface area contributed by atoms with E-state index in [1.165, 1.54) is 57.8 Å². The second-order valence-corrected chi connectivity index (χ2v) is 7.76. The first-order valence-electron chi connectivity index (χ1n) is 11.6. The number of ether oxygens (including phenoxy) is 1. The molecule has 0 spiro atoms. The fourth-order valence-electron chi connectivity index (χ4n) is 3.30. The number of imidazole rings is 1. The van der Waals surface area contributed by atoms with Crippen LogP contribution in [0, 0.1) is 0 Å². The largest absolute Gasteiger partial charge is 0.466 e. The maximum Gasteiger partial charge on any atom is 0.305 e. The number of esters is 1. The van der Waals surface area contributed by atoms with E-state index in [1.54, 1.807) is 0 Å². The standard InChI is InChI=1S/C23H43N3O2/c1-2-3-4-5-6-10-13-21-28-23(27)15-11-8-7-9-12-16-24-17-14-19-26-20-18-25-22-26/h18,20,22,24H,2-17,19,21H2,1H3. The lowest BCUT2D eigenvalue weighted by atomic mass is 10.1. The minimum Gasteiger partial charge on any atom is -0.466 e. The van der Waals surface area contributed by atoms with Crippen LogP contribution in [0.25, 0.3) is 0 Å². The van der Waals surface area contributed by atoms with Crippen molar-refractivity contribution in [2.24, 2.45) is 0 Å². The van der Waals surface area contributed by atoms with Gasteiger partial charge in [0.2, 0.25) is 0 Å². The number of nitrogens with one attached hydrogen (secondary N) is 1. The molecule has 0 aromatic carbocycles. The maximum absolute atomic E-state index is 11.7. The first kappa shape index (κ1) is 24.7. The van der Waals surface area contributed by atoms with E-state index in [-0.39, 0.29) is 5.97 Å². The van der Waals surface area contributed by atoms with Crippen LogP contribution >= 0.6 is 0 Å². The molecule has 5 heteroatoms. The zero-order valence-corrected chi connectivity index (χ0v) is 18.2. The molecule has 1 N–H and O–H groups in total. The predicted molar refractivity (Wildman–Crippen MR) is 116 cm³/mol. The molecule has 0 fully saturated rings. The molecule has 0 unspecified atom stereocenters. The summed E-state index contributed by atoms with van der Waals surface area (Å²) in [5.41, 5.74) is 0. The van der Waals surface area contributed by atoms with Crippen molar-refractivity contribution in [2.45, 2.75) is 103 Å². The van der Waals surface area contributed by atoms with Gasteiger partial charge in [-0.2, -0.15) is 0 Å². The third kappa shape index (κ3) is 15.7. The molecule has 162 valence electrons. The van der Waals surface area contributed by atoms with Gasteiger partial charge in [-0.15, -0.1) is 0 Å². The molecule has 0 saturated heterocycles. The smallest absolute Gasteiger partial charge is 0.305 e. The Kier molecular flexibility index (Phi) is 16.7. The van der Waals surface area contributed by atoms with Crippen molar-refractivity contribution in [3.05, 3.63) is 18.7 Å². The third-order valence-corrected chi connectivity index (χ3v) is 5.07. The summed E-state index contributed by atoms with van der Waals surface area (Å²) < 4.78 is 7.44. The molecule has 1 aromatic rings. The van der Waals surface area contributed by atoms with Crippen LogP contribution in [0.3, 0.4) is 0 Å². The Morgan fingerprint density at radius 2 is 1.57 bits per heavy atom. The van der Waals surface area contributed by atoms with Crippen molar-refractivity contribution in [1.82, 2.24) is 14.9 Å². The number of carbonyl (C=O) groups excluding carboxylic acids is 1. The van der Waals surface area contributed by atoms with Crippen LogP contribution in [0.5, 0.6) is 0 Å². The molecule has 0 radical (unpaired) electrons. The number of aryl methyl sites for hydroxylation is 1.